The Labute approximate surface area is 80.4 Å². The summed E-state index contributed by atoms with van der Waals surface area (Å²) in [4.78, 5) is 21.4. The van der Waals surface area contributed by atoms with Crippen LogP contribution in [0.5, 0.6) is 5.75 Å². The summed E-state index contributed by atoms with van der Waals surface area (Å²) in [5.41, 5.74) is 4.90. The van der Waals surface area contributed by atoms with Crippen molar-refractivity contribution in [2.45, 2.75) is 0 Å². The van der Waals surface area contributed by atoms with Gasteiger partial charge in [-0.15, -0.1) is 0 Å². The largest absolute Gasteiger partial charge is 0.497 e. The zero-order valence-electron chi connectivity index (χ0n) is 7.52. The maximum absolute atomic E-state index is 11.1. The zero-order chi connectivity index (χ0) is 10.6. The molecule has 5 heteroatoms. The van der Waals surface area contributed by atoms with Crippen LogP contribution >= 0.6 is 0 Å². The highest BCUT2D eigenvalue weighted by molar-refractivity contribution is 5.96. The maximum Gasteiger partial charge on any atom is 0.412 e. The van der Waals surface area contributed by atoms with Gasteiger partial charge in [0.25, 0.3) is 0 Å². The van der Waals surface area contributed by atoms with Crippen LogP contribution in [0.4, 0.5) is 4.79 Å². The van der Waals surface area contributed by atoms with Crippen molar-refractivity contribution in [2.24, 2.45) is 5.73 Å². The van der Waals surface area contributed by atoms with E-state index in [9.17, 15) is 9.59 Å². The normalized spacial score (nSPS) is 9.21. The maximum atomic E-state index is 11.1. The minimum atomic E-state index is -1.13. The van der Waals surface area contributed by atoms with Gasteiger partial charge in [0.2, 0.25) is 0 Å². The lowest BCUT2D eigenvalue weighted by Gasteiger charge is -2.02. The van der Waals surface area contributed by atoms with Gasteiger partial charge in [-0.25, -0.2) is 9.59 Å². The molecule has 5 nitrogen and oxygen atoms in total. The van der Waals surface area contributed by atoms with Crippen molar-refractivity contribution >= 4 is 12.1 Å². The first-order valence-electron chi connectivity index (χ1n) is 3.79. The van der Waals surface area contributed by atoms with Gasteiger partial charge in [0.05, 0.1) is 12.7 Å². The van der Waals surface area contributed by atoms with Gasteiger partial charge in [-0.3, -0.25) is 0 Å². The zero-order valence-corrected chi connectivity index (χ0v) is 7.52. The monoisotopic (exact) mass is 195 g/mol. The van der Waals surface area contributed by atoms with Crippen molar-refractivity contribution in [1.29, 1.82) is 0 Å². The van der Waals surface area contributed by atoms with Crippen LogP contribution in [-0.4, -0.2) is 19.2 Å². The first-order valence-corrected chi connectivity index (χ1v) is 3.79. The van der Waals surface area contributed by atoms with Crippen molar-refractivity contribution in [3.8, 4) is 5.75 Å². The van der Waals surface area contributed by atoms with Gasteiger partial charge < -0.3 is 15.2 Å². The molecule has 0 bridgehead atoms. The van der Waals surface area contributed by atoms with E-state index < -0.39 is 12.1 Å². The fourth-order valence-corrected chi connectivity index (χ4v) is 0.900. The molecule has 1 amide bonds. The SMILES string of the molecule is COc1cccc(C(=O)OC(N)=O)c1. The van der Waals surface area contributed by atoms with E-state index in [1.165, 1.54) is 19.2 Å². The number of hydrogen-bond acceptors (Lipinski definition) is 4. The van der Waals surface area contributed by atoms with Crippen LogP contribution in [0.3, 0.4) is 0 Å². The Hall–Kier alpha value is -2.04. The van der Waals surface area contributed by atoms with Gasteiger partial charge in [-0.05, 0) is 18.2 Å². The van der Waals surface area contributed by atoms with Gasteiger partial charge in [-0.1, -0.05) is 6.07 Å². The molecule has 2 N–H and O–H groups in total. The number of benzene rings is 1. The van der Waals surface area contributed by atoms with Crippen molar-refractivity contribution in [3.63, 3.8) is 0 Å². The fraction of sp³-hybridized carbons (Fsp3) is 0.111. The summed E-state index contributed by atoms with van der Waals surface area (Å²) in [6.45, 7) is 0. The Morgan fingerprint density at radius 1 is 1.36 bits per heavy atom. The first kappa shape index (κ1) is 10.0. The number of esters is 1. The van der Waals surface area contributed by atoms with Gasteiger partial charge >= 0.3 is 12.1 Å². The molecule has 0 aliphatic carbocycles. The lowest BCUT2D eigenvalue weighted by molar-refractivity contribution is 0.0638. The average molecular weight is 195 g/mol. The van der Waals surface area contributed by atoms with Crippen molar-refractivity contribution < 1.29 is 19.1 Å². The standard InChI is InChI=1S/C9H9NO4/c1-13-7-4-2-3-6(5-7)8(11)14-9(10)12/h2-5H,1H3,(H2,10,12). The minimum absolute atomic E-state index is 0.211. The highest BCUT2D eigenvalue weighted by Crippen LogP contribution is 2.13. The van der Waals surface area contributed by atoms with Crippen LogP contribution in [0.15, 0.2) is 24.3 Å². The summed E-state index contributed by atoms with van der Waals surface area (Å²) in [6, 6.07) is 6.22. The Morgan fingerprint density at radius 3 is 2.64 bits per heavy atom. The molecule has 1 aromatic rings. The Bertz CT molecular complexity index is 362. The topological polar surface area (TPSA) is 78.6 Å². The van der Waals surface area contributed by atoms with Crippen molar-refractivity contribution in [3.05, 3.63) is 29.8 Å². The number of methoxy groups -OCH3 is 1. The molecule has 0 fully saturated rings. The number of ether oxygens (including phenoxy) is 2. The smallest absolute Gasteiger partial charge is 0.412 e. The van der Waals surface area contributed by atoms with Crippen molar-refractivity contribution in [1.82, 2.24) is 0 Å². The Kier molecular flexibility index (Phi) is 3.06. The van der Waals surface area contributed by atoms with E-state index in [1.54, 1.807) is 12.1 Å². The number of hydrogen-bond donors (Lipinski definition) is 1. The molecule has 0 unspecified atom stereocenters. The molecule has 1 rings (SSSR count). The molecule has 0 aliphatic heterocycles. The third kappa shape index (κ3) is 2.48. The Balaban J connectivity index is 2.84. The molecule has 0 atom stereocenters. The lowest BCUT2D eigenvalue weighted by Crippen LogP contribution is -2.18. The fourth-order valence-electron chi connectivity index (χ4n) is 0.900. The predicted molar refractivity (Wildman–Crippen MR) is 48.0 cm³/mol. The quantitative estimate of drug-likeness (QED) is 0.562. The van der Waals surface area contributed by atoms with E-state index in [1.807, 2.05) is 0 Å². The summed E-state index contributed by atoms with van der Waals surface area (Å²) >= 11 is 0. The molecule has 0 aromatic heterocycles. The predicted octanol–water partition coefficient (Wildman–Crippen LogP) is 0.931. The number of primary amides is 1. The van der Waals surface area contributed by atoms with Crippen LogP contribution in [0.2, 0.25) is 0 Å². The Morgan fingerprint density at radius 2 is 2.07 bits per heavy atom. The summed E-state index contributed by atoms with van der Waals surface area (Å²) in [7, 11) is 1.47. The average Bonchev–Trinajstić information content (AvgIpc) is 2.17. The molecular weight excluding hydrogens is 186 g/mol. The second-order valence-electron chi connectivity index (χ2n) is 2.44. The second-order valence-corrected chi connectivity index (χ2v) is 2.44. The number of carbonyl (C=O) groups is 2. The molecule has 74 valence electrons. The molecule has 1 aromatic carbocycles. The van der Waals surface area contributed by atoms with Crippen molar-refractivity contribution in [2.75, 3.05) is 7.11 Å². The van der Waals surface area contributed by atoms with E-state index in [0.717, 1.165) is 0 Å². The van der Waals surface area contributed by atoms with Crippen LogP contribution in [-0.2, 0) is 4.74 Å². The van der Waals surface area contributed by atoms with E-state index in [4.69, 9.17) is 4.74 Å². The summed E-state index contributed by atoms with van der Waals surface area (Å²) < 4.78 is 9.07. The van der Waals surface area contributed by atoms with Crippen LogP contribution < -0.4 is 10.5 Å². The van der Waals surface area contributed by atoms with E-state index >= 15 is 0 Å². The number of carbonyl (C=O) groups excluding carboxylic acids is 2. The molecule has 0 heterocycles. The molecule has 0 spiro atoms. The number of rotatable bonds is 2. The lowest BCUT2D eigenvalue weighted by atomic mass is 10.2. The summed E-state index contributed by atoms with van der Waals surface area (Å²) in [5.74, 6) is -0.291. The second kappa shape index (κ2) is 4.27. The molecule has 14 heavy (non-hydrogen) atoms. The van der Waals surface area contributed by atoms with Crippen LogP contribution in [0.1, 0.15) is 10.4 Å². The summed E-state index contributed by atoms with van der Waals surface area (Å²) in [6.07, 6.45) is -1.13. The van der Waals surface area contributed by atoms with E-state index in [-0.39, 0.29) is 5.56 Å². The first-order chi connectivity index (χ1) is 6.63. The molecular formula is C9H9NO4. The van der Waals surface area contributed by atoms with E-state index in [2.05, 4.69) is 10.5 Å². The highest BCUT2D eigenvalue weighted by atomic mass is 16.6. The van der Waals surface area contributed by atoms with E-state index in [0.29, 0.717) is 5.75 Å². The van der Waals surface area contributed by atoms with Gasteiger partial charge in [0, 0.05) is 0 Å². The summed E-state index contributed by atoms with van der Waals surface area (Å²) in [5, 5.41) is 0. The highest BCUT2D eigenvalue weighted by Gasteiger charge is 2.10. The molecule has 0 aliphatic rings. The molecule has 0 saturated carbocycles. The third-order valence-electron chi connectivity index (χ3n) is 1.50. The van der Waals surface area contributed by atoms with Gasteiger partial charge in [-0.2, -0.15) is 0 Å². The minimum Gasteiger partial charge on any atom is -0.497 e. The third-order valence-corrected chi connectivity index (χ3v) is 1.50. The number of nitrogens with two attached hydrogens (primary N) is 1. The molecule has 0 saturated heterocycles. The van der Waals surface area contributed by atoms with Gasteiger partial charge in [0.1, 0.15) is 5.75 Å². The van der Waals surface area contributed by atoms with Crippen LogP contribution in [0.25, 0.3) is 0 Å². The van der Waals surface area contributed by atoms with Gasteiger partial charge in [0.15, 0.2) is 0 Å². The number of amides is 1. The van der Waals surface area contributed by atoms with Crippen LogP contribution in [0, 0.1) is 0 Å². The molecule has 0 radical (unpaired) electrons.